The smallest absolute Gasteiger partial charge is 0.183 e. The van der Waals surface area contributed by atoms with Crippen LogP contribution in [0.1, 0.15) is 41.8 Å². The molecule has 0 bridgehead atoms. The Hall–Kier alpha value is -1.35. The predicted molar refractivity (Wildman–Crippen MR) is 74.2 cm³/mol. The zero-order valence-corrected chi connectivity index (χ0v) is 11.9. The van der Waals surface area contributed by atoms with Crippen molar-refractivity contribution in [1.29, 1.82) is 0 Å². The molecule has 0 aromatic heterocycles. The van der Waals surface area contributed by atoms with Crippen LogP contribution >= 0.6 is 0 Å². The standard InChI is InChI=1S/C15H23NO2/c1-9(2)6-13(16)15(17)12-7-10(3)11(4)8-14(12)18-5/h7-9,13H,6,16H2,1-5H3. The lowest BCUT2D eigenvalue weighted by atomic mass is 9.94. The summed E-state index contributed by atoms with van der Waals surface area (Å²) in [7, 11) is 1.58. The van der Waals surface area contributed by atoms with E-state index in [1.165, 1.54) is 0 Å². The van der Waals surface area contributed by atoms with Crippen LogP contribution < -0.4 is 10.5 Å². The van der Waals surface area contributed by atoms with Gasteiger partial charge in [-0.25, -0.2) is 0 Å². The van der Waals surface area contributed by atoms with Crippen molar-refractivity contribution in [2.45, 2.75) is 40.2 Å². The highest BCUT2D eigenvalue weighted by atomic mass is 16.5. The van der Waals surface area contributed by atoms with Gasteiger partial charge in [-0.05, 0) is 49.4 Å². The molecule has 3 heteroatoms. The summed E-state index contributed by atoms with van der Waals surface area (Å²) >= 11 is 0. The summed E-state index contributed by atoms with van der Waals surface area (Å²) < 4.78 is 5.28. The Kier molecular flexibility index (Phi) is 4.91. The number of nitrogens with two attached hydrogens (primary N) is 1. The molecule has 0 fully saturated rings. The second kappa shape index (κ2) is 6.01. The number of Topliss-reactive ketones (excluding diaryl/α,β-unsaturated/α-hetero) is 1. The van der Waals surface area contributed by atoms with E-state index in [9.17, 15) is 4.79 Å². The lowest BCUT2D eigenvalue weighted by molar-refractivity contribution is 0.0948. The van der Waals surface area contributed by atoms with Crippen molar-refractivity contribution >= 4 is 5.78 Å². The van der Waals surface area contributed by atoms with Gasteiger partial charge >= 0.3 is 0 Å². The molecule has 3 nitrogen and oxygen atoms in total. The van der Waals surface area contributed by atoms with Crippen molar-refractivity contribution < 1.29 is 9.53 Å². The van der Waals surface area contributed by atoms with Gasteiger partial charge in [0.2, 0.25) is 0 Å². The molecule has 0 saturated carbocycles. The van der Waals surface area contributed by atoms with Gasteiger partial charge in [-0.1, -0.05) is 13.8 Å². The molecule has 0 amide bonds. The first-order valence-corrected chi connectivity index (χ1v) is 6.31. The van der Waals surface area contributed by atoms with Crippen molar-refractivity contribution in [3.8, 4) is 5.75 Å². The topological polar surface area (TPSA) is 52.3 Å². The minimum Gasteiger partial charge on any atom is -0.496 e. The second-order valence-electron chi connectivity index (χ2n) is 5.24. The Balaban J connectivity index is 3.08. The van der Waals surface area contributed by atoms with Crippen LogP contribution in [0.15, 0.2) is 12.1 Å². The monoisotopic (exact) mass is 249 g/mol. The largest absolute Gasteiger partial charge is 0.496 e. The Morgan fingerprint density at radius 1 is 1.28 bits per heavy atom. The van der Waals surface area contributed by atoms with E-state index in [2.05, 4.69) is 13.8 Å². The Morgan fingerprint density at radius 3 is 2.33 bits per heavy atom. The van der Waals surface area contributed by atoms with Crippen molar-refractivity contribution in [2.75, 3.05) is 7.11 Å². The Morgan fingerprint density at radius 2 is 1.83 bits per heavy atom. The van der Waals surface area contributed by atoms with E-state index in [1.807, 2.05) is 26.0 Å². The first kappa shape index (κ1) is 14.7. The fourth-order valence-corrected chi connectivity index (χ4v) is 1.97. The zero-order valence-electron chi connectivity index (χ0n) is 11.9. The molecule has 0 aliphatic rings. The van der Waals surface area contributed by atoms with E-state index in [-0.39, 0.29) is 5.78 Å². The number of ether oxygens (including phenoxy) is 1. The highest BCUT2D eigenvalue weighted by molar-refractivity contribution is 6.02. The molecule has 0 heterocycles. The van der Waals surface area contributed by atoms with Gasteiger partial charge < -0.3 is 10.5 Å². The third-order valence-corrected chi connectivity index (χ3v) is 3.14. The van der Waals surface area contributed by atoms with E-state index in [4.69, 9.17) is 10.5 Å². The van der Waals surface area contributed by atoms with E-state index < -0.39 is 6.04 Å². The van der Waals surface area contributed by atoms with E-state index >= 15 is 0 Å². The highest BCUT2D eigenvalue weighted by Gasteiger charge is 2.21. The van der Waals surface area contributed by atoms with Crippen LogP contribution in [0.2, 0.25) is 0 Å². The maximum Gasteiger partial charge on any atom is 0.183 e. The van der Waals surface area contributed by atoms with Crippen molar-refractivity contribution in [2.24, 2.45) is 11.7 Å². The average Bonchev–Trinajstić information content (AvgIpc) is 2.30. The van der Waals surface area contributed by atoms with E-state index in [0.29, 0.717) is 23.7 Å². The van der Waals surface area contributed by atoms with E-state index in [1.54, 1.807) is 7.11 Å². The predicted octanol–water partition coefficient (Wildman–Crippen LogP) is 2.87. The van der Waals surface area contributed by atoms with Crippen LogP contribution in [0.4, 0.5) is 0 Å². The number of carbonyl (C=O) groups is 1. The van der Waals surface area contributed by atoms with Gasteiger partial charge in [0.05, 0.1) is 18.7 Å². The number of carbonyl (C=O) groups excluding carboxylic acids is 1. The van der Waals surface area contributed by atoms with Crippen molar-refractivity contribution in [1.82, 2.24) is 0 Å². The summed E-state index contributed by atoms with van der Waals surface area (Å²) in [5.74, 6) is 0.979. The van der Waals surface area contributed by atoms with Gasteiger partial charge in [0.25, 0.3) is 0 Å². The first-order chi connectivity index (χ1) is 8.36. The number of hydrogen-bond donors (Lipinski definition) is 1. The number of ketones is 1. The van der Waals surface area contributed by atoms with Crippen LogP contribution in [0.3, 0.4) is 0 Å². The number of rotatable bonds is 5. The molecule has 18 heavy (non-hydrogen) atoms. The molecule has 100 valence electrons. The van der Waals surface area contributed by atoms with Crippen LogP contribution in [0, 0.1) is 19.8 Å². The molecule has 0 aliphatic heterocycles. The molecule has 0 radical (unpaired) electrons. The molecule has 1 atom stereocenters. The molecular weight excluding hydrogens is 226 g/mol. The van der Waals surface area contributed by atoms with Gasteiger partial charge in [-0.3, -0.25) is 4.79 Å². The third-order valence-electron chi connectivity index (χ3n) is 3.14. The maximum atomic E-state index is 12.3. The number of hydrogen-bond acceptors (Lipinski definition) is 3. The highest BCUT2D eigenvalue weighted by Crippen LogP contribution is 2.25. The van der Waals surface area contributed by atoms with Crippen molar-refractivity contribution in [3.05, 3.63) is 28.8 Å². The molecule has 1 rings (SSSR count). The summed E-state index contributed by atoms with van der Waals surface area (Å²) in [5.41, 5.74) is 8.74. The van der Waals surface area contributed by atoms with Crippen LogP contribution in [-0.4, -0.2) is 18.9 Å². The summed E-state index contributed by atoms with van der Waals surface area (Å²) in [6, 6.07) is 3.31. The van der Waals surface area contributed by atoms with Gasteiger partial charge in [0.1, 0.15) is 5.75 Å². The van der Waals surface area contributed by atoms with Gasteiger partial charge in [0, 0.05) is 0 Å². The summed E-state index contributed by atoms with van der Waals surface area (Å²) in [4.78, 5) is 12.3. The first-order valence-electron chi connectivity index (χ1n) is 6.31. The summed E-state index contributed by atoms with van der Waals surface area (Å²) in [6.45, 7) is 8.11. The fourth-order valence-electron chi connectivity index (χ4n) is 1.97. The maximum absolute atomic E-state index is 12.3. The normalized spacial score (nSPS) is 12.6. The molecular formula is C15H23NO2. The molecule has 1 unspecified atom stereocenters. The third kappa shape index (κ3) is 3.33. The van der Waals surface area contributed by atoms with Gasteiger partial charge in [-0.15, -0.1) is 0 Å². The molecule has 1 aromatic carbocycles. The SMILES string of the molecule is COc1cc(C)c(C)cc1C(=O)C(N)CC(C)C. The minimum absolute atomic E-state index is 0.0383. The quantitative estimate of drug-likeness (QED) is 0.816. The summed E-state index contributed by atoms with van der Waals surface area (Å²) in [6.07, 6.45) is 0.689. The molecule has 1 aromatic rings. The average molecular weight is 249 g/mol. The molecule has 0 spiro atoms. The van der Waals surface area contributed by atoms with E-state index in [0.717, 1.165) is 11.1 Å². The fraction of sp³-hybridized carbons (Fsp3) is 0.533. The zero-order chi connectivity index (χ0) is 13.9. The number of aryl methyl sites for hydroxylation is 2. The molecule has 0 saturated heterocycles. The minimum atomic E-state index is -0.457. The summed E-state index contributed by atoms with van der Waals surface area (Å²) in [5, 5.41) is 0. The lowest BCUT2D eigenvalue weighted by Gasteiger charge is -2.16. The molecule has 0 aliphatic carbocycles. The van der Waals surface area contributed by atoms with Crippen LogP contribution in [0.5, 0.6) is 5.75 Å². The van der Waals surface area contributed by atoms with Gasteiger partial charge in [-0.2, -0.15) is 0 Å². The number of methoxy groups -OCH3 is 1. The second-order valence-corrected chi connectivity index (χ2v) is 5.24. The Bertz CT molecular complexity index is 438. The van der Waals surface area contributed by atoms with Gasteiger partial charge in [0.15, 0.2) is 5.78 Å². The van der Waals surface area contributed by atoms with Crippen molar-refractivity contribution in [3.63, 3.8) is 0 Å². The van der Waals surface area contributed by atoms with Crippen LogP contribution in [0.25, 0.3) is 0 Å². The number of benzene rings is 1. The van der Waals surface area contributed by atoms with Crippen LogP contribution in [-0.2, 0) is 0 Å². The lowest BCUT2D eigenvalue weighted by Crippen LogP contribution is -2.32. The molecule has 2 N–H and O–H groups in total. The Labute approximate surface area is 109 Å².